The Balaban J connectivity index is 1.27. The summed E-state index contributed by atoms with van der Waals surface area (Å²) >= 11 is 0. The lowest BCUT2D eigenvalue weighted by Crippen LogP contribution is -2.82. The Hall–Kier alpha value is -2.12. The fourth-order valence-corrected chi connectivity index (χ4v) is 8.17. The summed E-state index contributed by atoms with van der Waals surface area (Å²) in [4.78, 5) is 19.2. The minimum Gasteiger partial charge on any atom is -0.490 e. The number of carbonyl (C=O) groups is 1. The molecule has 0 radical (unpaired) electrons. The van der Waals surface area contributed by atoms with Crippen LogP contribution in [-0.2, 0) is 9.47 Å². The molecule has 5 aliphatic rings. The van der Waals surface area contributed by atoms with Crippen LogP contribution in [0.1, 0.15) is 59.3 Å². The number of primary amides is 1. The van der Waals surface area contributed by atoms with Gasteiger partial charge in [0.25, 0.3) is 0 Å². The van der Waals surface area contributed by atoms with Gasteiger partial charge in [0.1, 0.15) is 11.9 Å². The van der Waals surface area contributed by atoms with Gasteiger partial charge in [0, 0.05) is 6.07 Å². The van der Waals surface area contributed by atoms with E-state index in [9.17, 15) is 4.79 Å². The van der Waals surface area contributed by atoms with Crippen LogP contribution in [0.25, 0.3) is 11.0 Å². The van der Waals surface area contributed by atoms with Gasteiger partial charge in [-0.05, 0) is 85.7 Å². The molecule has 34 heavy (non-hydrogen) atoms. The number of fused-ring (bicyclic) bond motifs is 3. The van der Waals surface area contributed by atoms with Gasteiger partial charge in [-0.15, -0.1) is 0 Å². The fraction of sp³-hybridized carbons (Fsp3) is 0.704. The molecule has 3 N–H and O–H groups in total. The first-order valence-electron chi connectivity index (χ1n) is 13.0. The molecule has 7 nitrogen and oxygen atoms in total. The van der Waals surface area contributed by atoms with Crippen molar-refractivity contribution in [2.45, 2.75) is 71.0 Å². The van der Waals surface area contributed by atoms with Crippen molar-refractivity contribution in [2.24, 2.45) is 35.0 Å². The molecule has 3 heterocycles. The molecular formula is C27H38N3O4+. The summed E-state index contributed by atoms with van der Waals surface area (Å²) in [6, 6.07) is 5.97. The molecule has 7 rings (SSSR count). The van der Waals surface area contributed by atoms with E-state index >= 15 is 0 Å². The van der Waals surface area contributed by atoms with Gasteiger partial charge in [0.2, 0.25) is 0 Å². The molecule has 1 amide bonds. The van der Waals surface area contributed by atoms with E-state index in [2.05, 4.69) is 30.7 Å². The number of imidazole rings is 1. The lowest BCUT2D eigenvalue weighted by atomic mass is 9.50. The normalized spacial score (nSPS) is 41.1. The summed E-state index contributed by atoms with van der Waals surface area (Å²) in [5.74, 6) is 4.39. The van der Waals surface area contributed by atoms with Crippen molar-refractivity contribution < 1.29 is 24.3 Å². The van der Waals surface area contributed by atoms with Gasteiger partial charge < -0.3 is 14.2 Å². The minimum atomic E-state index is -0.422. The van der Waals surface area contributed by atoms with E-state index in [1.54, 1.807) is 0 Å². The Labute approximate surface area is 201 Å². The summed E-state index contributed by atoms with van der Waals surface area (Å²) in [5, 5.41) is 1.37. The van der Waals surface area contributed by atoms with Crippen LogP contribution in [0, 0.1) is 35.0 Å². The first-order valence-corrected chi connectivity index (χ1v) is 13.0. The molecule has 3 unspecified atom stereocenters. The number of carbonyl (C=O) groups excluding carboxylic acids is 1. The van der Waals surface area contributed by atoms with Crippen molar-refractivity contribution in [2.75, 3.05) is 13.7 Å². The van der Waals surface area contributed by atoms with Crippen LogP contribution in [0.2, 0.25) is 0 Å². The molecule has 2 aliphatic heterocycles. The van der Waals surface area contributed by atoms with Crippen molar-refractivity contribution in [3.8, 4) is 5.75 Å². The number of nitrogens with zero attached hydrogens (tertiary/aromatic N) is 1. The fourth-order valence-electron chi connectivity index (χ4n) is 8.17. The molecule has 1 spiro atoms. The number of nitrogens with two attached hydrogens (primary N) is 1. The topological polar surface area (TPSA) is 90.1 Å². The molecule has 2 aromatic rings. The van der Waals surface area contributed by atoms with Crippen molar-refractivity contribution in [1.29, 1.82) is 0 Å². The monoisotopic (exact) mass is 468 g/mol. The minimum absolute atomic E-state index is 0.0545. The molecule has 5 fully saturated rings. The van der Waals surface area contributed by atoms with Crippen molar-refractivity contribution in [1.82, 2.24) is 9.97 Å². The number of nitrogens with one attached hydrogen (secondary N) is 1. The van der Waals surface area contributed by atoms with Gasteiger partial charge in [-0.2, -0.15) is 15.1 Å². The highest BCUT2D eigenvalue weighted by atomic mass is 16.5. The molecule has 3 aliphatic carbocycles. The van der Waals surface area contributed by atoms with Crippen LogP contribution < -0.4 is 10.1 Å². The number of H-pyrrole nitrogens is 1. The average molecular weight is 469 g/mol. The van der Waals surface area contributed by atoms with Crippen molar-refractivity contribution in [3.63, 3.8) is 0 Å². The molecule has 1 aromatic heterocycles. The Bertz CT molecular complexity index is 1100. The Kier molecular flexibility index (Phi) is 5.23. The van der Waals surface area contributed by atoms with E-state index in [0.717, 1.165) is 35.7 Å². The van der Waals surface area contributed by atoms with Crippen LogP contribution >= 0.6 is 0 Å². The van der Waals surface area contributed by atoms with E-state index in [4.69, 9.17) is 14.2 Å². The molecule has 1 aromatic carbocycles. The second-order valence-electron chi connectivity index (χ2n) is 11.9. The Morgan fingerprint density at radius 3 is 2.91 bits per heavy atom. The number of quaternary nitrogens is 1. The van der Waals surface area contributed by atoms with Crippen molar-refractivity contribution >= 4 is 23.1 Å². The van der Waals surface area contributed by atoms with Gasteiger partial charge in [0.05, 0.1) is 30.4 Å². The maximum Gasteiger partial charge on any atom is 0.520 e. The largest absolute Gasteiger partial charge is 0.520 e. The smallest absolute Gasteiger partial charge is 0.490 e. The molecular weight excluding hydrogens is 430 g/mol. The second kappa shape index (κ2) is 7.95. The summed E-state index contributed by atoms with van der Waals surface area (Å²) in [6.45, 7) is 8.24. The standard InChI is InChI=1S/C27H37N3O4/c1-15-5-7-20-16(2)23(11-17-13-26(3)10-9-19(15)27(17,20)33-14-26)34-18-6-8-21-22(12-18)29-24(28-21)30-25(31)32-4/h6,8,12,15-17,19-20,23H,5,7,9-11,13-14H2,1-4H3,(H2,28,29,30,31)/p+1/t15-,16-,17-,19+,20?,23?,26?,27-/m1/s1. The van der Waals surface area contributed by atoms with Crippen LogP contribution in [0.4, 0.5) is 10.7 Å². The SMILES string of the molecule is COC(=O)[NH2+]c1nc2ccc(OC3C[C@@H]4CC5(C)CC[C@H]6[C@H](C)CCC([C@H]3C)[C@@]46OC5)cc2[nH]1. The Morgan fingerprint density at radius 2 is 2.09 bits per heavy atom. The first-order chi connectivity index (χ1) is 16.3. The van der Waals surface area contributed by atoms with Gasteiger partial charge in [0.15, 0.2) is 0 Å². The molecule has 7 heteroatoms. The summed E-state index contributed by atoms with van der Waals surface area (Å²) in [7, 11) is 1.36. The maximum atomic E-state index is 11.6. The maximum absolute atomic E-state index is 11.6. The van der Waals surface area contributed by atoms with E-state index < -0.39 is 6.09 Å². The third kappa shape index (κ3) is 3.38. The number of rotatable bonds is 3. The number of methoxy groups -OCH3 is 1. The van der Waals surface area contributed by atoms with Gasteiger partial charge >= 0.3 is 12.0 Å². The molecule has 3 saturated carbocycles. The van der Waals surface area contributed by atoms with Gasteiger partial charge in [-0.1, -0.05) is 20.8 Å². The summed E-state index contributed by atoms with van der Waals surface area (Å²) in [6.07, 6.45) is 7.28. The number of ether oxygens (including phenoxy) is 3. The average Bonchev–Trinajstić information content (AvgIpc) is 3.07. The Morgan fingerprint density at radius 1 is 1.24 bits per heavy atom. The third-order valence-corrected chi connectivity index (χ3v) is 9.84. The highest BCUT2D eigenvalue weighted by molar-refractivity contribution is 5.78. The predicted molar refractivity (Wildman–Crippen MR) is 128 cm³/mol. The molecule has 184 valence electrons. The van der Waals surface area contributed by atoms with Gasteiger partial charge in [-0.25, -0.2) is 0 Å². The second-order valence-corrected chi connectivity index (χ2v) is 11.9. The number of aromatic amines is 1. The van der Waals surface area contributed by atoms with Crippen molar-refractivity contribution in [3.05, 3.63) is 18.2 Å². The molecule has 2 bridgehead atoms. The number of amides is 1. The predicted octanol–water partition coefficient (Wildman–Crippen LogP) is 4.55. The van der Waals surface area contributed by atoms with Crippen LogP contribution in [-0.4, -0.2) is 41.5 Å². The van der Waals surface area contributed by atoms with Crippen LogP contribution in [0.5, 0.6) is 5.75 Å². The highest BCUT2D eigenvalue weighted by Gasteiger charge is 2.65. The lowest BCUT2D eigenvalue weighted by Gasteiger charge is -2.63. The quantitative estimate of drug-likeness (QED) is 0.690. The zero-order chi connectivity index (χ0) is 23.7. The number of hydrogen-bond donors (Lipinski definition) is 2. The van der Waals surface area contributed by atoms with Crippen LogP contribution in [0.3, 0.4) is 0 Å². The van der Waals surface area contributed by atoms with E-state index in [1.807, 2.05) is 18.2 Å². The zero-order valence-corrected chi connectivity index (χ0v) is 20.8. The lowest BCUT2D eigenvalue weighted by molar-refractivity contribution is -0.489. The summed E-state index contributed by atoms with van der Waals surface area (Å²) < 4.78 is 18.4. The first kappa shape index (κ1) is 22.4. The van der Waals surface area contributed by atoms with E-state index in [1.165, 1.54) is 44.5 Å². The van der Waals surface area contributed by atoms with E-state index in [0.29, 0.717) is 35.0 Å². The highest BCUT2D eigenvalue weighted by Crippen LogP contribution is 2.64. The number of hydrogen-bond acceptors (Lipinski definition) is 5. The summed E-state index contributed by atoms with van der Waals surface area (Å²) in [5.41, 5.74) is 2.04. The molecule has 2 saturated heterocycles. The van der Waals surface area contributed by atoms with Crippen LogP contribution in [0.15, 0.2) is 18.2 Å². The number of aromatic nitrogens is 2. The molecule has 8 atom stereocenters. The van der Waals surface area contributed by atoms with E-state index in [-0.39, 0.29) is 11.7 Å². The third-order valence-electron chi connectivity index (χ3n) is 9.84. The zero-order valence-electron chi connectivity index (χ0n) is 20.8. The van der Waals surface area contributed by atoms with Gasteiger partial charge in [-0.3, -0.25) is 4.98 Å². The number of benzene rings is 1.